The van der Waals surface area contributed by atoms with Crippen LogP contribution in [0.2, 0.25) is 0 Å². The average Bonchev–Trinajstić information content (AvgIpc) is 3.25. The summed E-state index contributed by atoms with van der Waals surface area (Å²) < 4.78 is 82.0. The average molecular weight is 931 g/mol. The molecule has 4 aromatic rings. The molecule has 0 spiro atoms. The number of ether oxygens (including phenoxy) is 2. The normalized spacial score (nSPS) is 11.4. The Kier molecular flexibility index (Phi) is 30.6. The smallest absolute Gasteiger partial charge is 0.744 e. The Hall–Kier alpha value is -2.44. The predicted molar refractivity (Wildman–Crippen MR) is 257 cm³/mol. The maximum absolute atomic E-state index is 11.8. The van der Waals surface area contributed by atoms with E-state index < -0.39 is 20.2 Å². The van der Waals surface area contributed by atoms with Gasteiger partial charge >= 0.3 is 37.7 Å². The Labute approximate surface area is 411 Å². The monoisotopic (exact) mass is 930 g/mol. The topological polar surface area (TPSA) is 133 Å². The number of hydrogen-bond acceptors (Lipinski definition) is 8. The number of benzene rings is 4. The van der Waals surface area contributed by atoms with Crippen LogP contribution in [-0.4, -0.2) is 63.7 Å². The first kappa shape index (κ1) is 56.7. The van der Waals surface area contributed by atoms with Crippen molar-refractivity contribution in [3.63, 3.8) is 0 Å². The zero-order valence-electron chi connectivity index (χ0n) is 38.4. The van der Waals surface area contributed by atoms with Crippen molar-refractivity contribution < 1.29 is 35.4 Å². The van der Waals surface area contributed by atoms with Gasteiger partial charge in [-0.2, -0.15) is 0 Å². The fraction of sp³-hybridized carbons (Fsp3) is 0.538. The van der Waals surface area contributed by atoms with E-state index >= 15 is 0 Å². The Morgan fingerprint density at radius 2 is 0.635 bits per heavy atom. The van der Waals surface area contributed by atoms with E-state index in [1.54, 1.807) is 48.5 Å². The molecule has 0 aliphatic heterocycles. The summed E-state index contributed by atoms with van der Waals surface area (Å²) in [6.45, 7) is 4.49. The number of unbranched alkanes of at least 4 members (excludes halogenated alkanes) is 22. The van der Waals surface area contributed by atoms with Gasteiger partial charge in [-0.05, 0) is 85.3 Å². The van der Waals surface area contributed by atoms with Gasteiger partial charge in [0.2, 0.25) is 0 Å². The molecule has 11 heteroatoms. The van der Waals surface area contributed by atoms with Gasteiger partial charge in [-0.1, -0.05) is 204 Å². The van der Waals surface area contributed by atoms with Gasteiger partial charge in [0.15, 0.2) is 0 Å². The van der Waals surface area contributed by atoms with E-state index in [1.165, 1.54) is 128 Å². The van der Waals surface area contributed by atoms with Gasteiger partial charge in [-0.15, -0.1) is 0 Å². The van der Waals surface area contributed by atoms with Gasteiger partial charge in [-0.3, -0.25) is 0 Å². The minimum absolute atomic E-state index is 0. The van der Waals surface area contributed by atoms with Crippen LogP contribution in [-0.2, 0) is 33.1 Å². The second-order valence-corrected chi connectivity index (χ2v) is 19.3. The summed E-state index contributed by atoms with van der Waals surface area (Å²) in [6, 6.07) is 27.8. The molecule has 0 N–H and O–H groups in total. The molecule has 0 saturated heterocycles. The summed E-state index contributed by atoms with van der Waals surface area (Å²) in [5, 5.41) is 0. The second-order valence-electron chi connectivity index (χ2n) is 16.6. The zero-order valence-corrected chi connectivity index (χ0v) is 42.3. The Balaban J connectivity index is 0.000000427. The van der Waals surface area contributed by atoms with Crippen molar-refractivity contribution in [2.75, 3.05) is 0 Å². The minimum Gasteiger partial charge on any atom is -0.744 e. The molecule has 0 aliphatic carbocycles. The number of hydrogen-bond donors (Lipinski definition) is 0. The van der Waals surface area contributed by atoms with Crippen molar-refractivity contribution >= 4 is 58.0 Å². The summed E-state index contributed by atoms with van der Waals surface area (Å²) in [5.74, 6) is 1.93. The van der Waals surface area contributed by atoms with Gasteiger partial charge in [0, 0.05) is 0 Å². The second kappa shape index (κ2) is 34.0. The summed E-state index contributed by atoms with van der Waals surface area (Å²) in [4.78, 5) is -0.326. The zero-order chi connectivity index (χ0) is 44.7. The Morgan fingerprint density at radius 1 is 0.365 bits per heavy atom. The van der Waals surface area contributed by atoms with Crippen LogP contribution in [0.25, 0.3) is 0 Å². The van der Waals surface area contributed by atoms with Crippen LogP contribution in [0.1, 0.15) is 179 Å². The molecule has 0 aromatic heterocycles. The third kappa shape index (κ3) is 25.7. The van der Waals surface area contributed by atoms with E-state index in [9.17, 15) is 25.9 Å². The first-order valence-electron chi connectivity index (χ1n) is 23.6. The first-order chi connectivity index (χ1) is 30.0. The summed E-state index contributed by atoms with van der Waals surface area (Å²) >= 11 is 0. The maximum Gasteiger partial charge on any atom is 2.00 e. The standard InChI is InChI=1S/2C26H38O4S.Ca/c2*1-2-3-4-5-6-7-8-9-10-11-12-14-17-23-20-21-25(22-26(23)31(27,28)29)30-24-18-15-13-16-19-24;/h2*13,15-16,18-22H,2-12,14,17H2,1H3,(H,27,28,29);/q;;+2/p-2. The van der Waals surface area contributed by atoms with E-state index in [-0.39, 0.29) is 47.5 Å². The quantitative estimate of drug-likeness (QED) is 0.0269. The fourth-order valence-electron chi connectivity index (χ4n) is 7.64. The summed E-state index contributed by atoms with van der Waals surface area (Å²) in [5.41, 5.74) is 1.17. The van der Waals surface area contributed by atoms with Crippen LogP contribution in [0.3, 0.4) is 0 Å². The van der Waals surface area contributed by atoms with Crippen LogP contribution in [0.15, 0.2) is 107 Å². The molecule has 0 aliphatic rings. The van der Waals surface area contributed by atoms with Gasteiger partial charge < -0.3 is 18.6 Å². The Bertz CT molecular complexity index is 1850. The molecule has 8 nitrogen and oxygen atoms in total. The minimum atomic E-state index is -4.54. The van der Waals surface area contributed by atoms with E-state index in [4.69, 9.17) is 9.47 Å². The number of aryl methyl sites for hydroxylation is 2. The first-order valence-corrected chi connectivity index (χ1v) is 26.5. The van der Waals surface area contributed by atoms with Crippen molar-refractivity contribution in [3.05, 3.63) is 108 Å². The fourth-order valence-corrected chi connectivity index (χ4v) is 9.14. The van der Waals surface area contributed by atoms with E-state index in [1.807, 2.05) is 36.4 Å². The number of rotatable bonds is 32. The van der Waals surface area contributed by atoms with Crippen LogP contribution < -0.4 is 9.47 Å². The van der Waals surface area contributed by atoms with Gasteiger partial charge in [0.1, 0.15) is 43.2 Å². The molecule has 0 radical (unpaired) electrons. The summed E-state index contributed by atoms with van der Waals surface area (Å²) in [7, 11) is -9.09. The molecule has 0 unspecified atom stereocenters. The van der Waals surface area contributed by atoms with Gasteiger partial charge in [0.25, 0.3) is 0 Å². The SMILES string of the molecule is CCCCCCCCCCCCCCc1ccc(Oc2ccccc2)cc1S(=O)(=O)[O-].CCCCCCCCCCCCCCc1ccc(Oc2ccccc2)cc1S(=O)(=O)[O-].[Ca+2]. The van der Waals surface area contributed by atoms with Crippen molar-refractivity contribution in [1.29, 1.82) is 0 Å². The molecule has 0 atom stereocenters. The van der Waals surface area contributed by atoms with E-state index in [2.05, 4.69) is 13.8 Å². The number of para-hydroxylation sites is 2. The van der Waals surface area contributed by atoms with Crippen molar-refractivity contribution in [2.45, 2.75) is 191 Å². The van der Waals surface area contributed by atoms with Crippen LogP contribution in [0.4, 0.5) is 0 Å². The maximum atomic E-state index is 11.8. The van der Waals surface area contributed by atoms with Crippen molar-refractivity contribution in [2.24, 2.45) is 0 Å². The molecule has 0 bridgehead atoms. The molecule has 0 heterocycles. The van der Waals surface area contributed by atoms with Gasteiger partial charge in [-0.25, -0.2) is 16.8 Å². The van der Waals surface area contributed by atoms with Gasteiger partial charge in [0.05, 0.1) is 9.79 Å². The van der Waals surface area contributed by atoms with Crippen LogP contribution in [0.5, 0.6) is 23.0 Å². The van der Waals surface area contributed by atoms with E-state index in [0.717, 1.165) is 38.5 Å². The molecule has 0 amide bonds. The molecular weight excluding hydrogens is 857 g/mol. The predicted octanol–water partition coefficient (Wildman–Crippen LogP) is 14.9. The van der Waals surface area contributed by atoms with Crippen molar-refractivity contribution in [3.8, 4) is 23.0 Å². The molecule has 344 valence electrons. The molecule has 0 fully saturated rings. The van der Waals surface area contributed by atoms with Crippen molar-refractivity contribution in [1.82, 2.24) is 0 Å². The molecule has 4 aromatic carbocycles. The van der Waals surface area contributed by atoms with Crippen LogP contribution >= 0.6 is 0 Å². The third-order valence-corrected chi connectivity index (χ3v) is 13.0. The summed E-state index contributed by atoms with van der Waals surface area (Å²) in [6.07, 6.45) is 31.2. The molecule has 4 rings (SSSR count). The third-order valence-electron chi connectivity index (χ3n) is 11.2. The Morgan fingerprint density at radius 3 is 0.905 bits per heavy atom. The van der Waals surface area contributed by atoms with Crippen LogP contribution in [0, 0.1) is 0 Å². The largest absolute Gasteiger partial charge is 2.00 e. The molecule has 63 heavy (non-hydrogen) atoms. The van der Waals surface area contributed by atoms with E-state index in [0.29, 0.717) is 47.0 Å². The molecular formula is C52H74CaO8S2. The molecule has 0 saturated carbocycles.